The highest BCUT2D eigenvalue weighted by Crippen LogP contribution is 2.47. The molecule has 1 fully saturated rings. The van der Waals surface area contributed by atoms with Crippen LogP contribution >= 0.6 is 0 Å². The van der Waals surface area contributed by atoms with E-state index in [-0.39, 0.29) is 11.8 Å². The van der Waals surface area contributed by atoms with E-state index in [0.29, 0.717) is 0 Å². The van der Waals surface area contributed by atoms with Crippen molar-refractivity contribution in [2.24, 2.45) is 5.92 Å². The van der Waals surface area contributed by atoms with Crippen LogP contribution < -0.4 is 4.90 Å². The third-order valence-corrected chi connectivity index (χ3v) is 8.82. The summed E-state index contributed by atoms with van der Waals surface area (Å²) in [5.74, 6) is -0.490. The minimum absolute atomic E-state index is 0.220. The zero-order valence-electron chi connectivity index (χ0n) is 20.6. The number of rotatable bonds is 3. The summed E-state index contributed by atoms with van der Waals surface area (Å²) in [4.78, 5) is 2.54. The highest BCUT2D eigenvalue weighted by molar-refractivity contribution is 5.90. The lowest BCUT2D eigenvalue weighted by atomic mass is 9.64. The topological polar surface area (TPSA) is 43.7 Å². The highest BCUT2D eigenvalue weighted by atomic mass is 16.3. The summed E-state index contributed by atoms with van der Waals surface area (Å²) in [6, 6.07) is 23.6. The first-order valence-electron chi connectivity index (χ1n) is 13.5. The average molecular weight is 476 g/mol. The van der Waals surface area contributed by atoms with E-state index in [9.17, 15) is 10.2 Å². The van der Waals surface area contributed by atoms with Gasteiger partial charge in [0.2, 0.25) is 0 Å². The van der Waals surface area contributed by atoms with Gasteiger partial charge >= 0.3 is 0 Å². The third-order valence-electron chi connectivity index (χ3n) is 8.82. The van der Waals surface area contributed by atoms with Crippen molar-refractivity contribution >= 4 is 16.8 Å². The summed E-state index contributed by atoms with van der Waals surface area (Å²) in [7, 11) is 0. The molecule has 3 heteroatoms. The molecule has 2 heterocycles. The SMILES string of the molecule is OC1C(/C=C2\C=C(c3ccccc3)Cc3ccccc32)C(O)C1c1cc2c3c(c1)CCCN3CCC2. The second-order valence-corrected chi connectivity index (χ2v) is 11.0. The molecule has 36 heavy (non-hydrogen) atoms. The lowest BCUT2D eigenvalue weighted by molar-refractivity contribution is -0.0940. The van der Waals surface area contributed by atoms with Crippen LogP contribution in [0.25, 0.3) is 11.1 Å². The van der Waals surface area contributed by atoms with Gasteiger partial charge in [0.15, 0.2) is 0 Å². The van der Waals surface area contributed by atoms with Gasteiger partial charge < -0.3 is 15.1 Å². The number of benzene rings is 3. The molecule has 0 saturated heterocycles. The van der Waals surface area contributed by atoms with Gasteiger partial charge in [-0.25, -0.2) is 0 Å². The largest absolute Gasteiger partial charge is 0.392 e. The highest BCUT2D eigenvalue weighted by Gasteiger charge is 2.49. The maximum atomic E-state index is 11.4. The van der Waals surface area contributed by atoms with E-state index in [2.05, 4.69) is 77.7 Å². The molecule has 2 aliphatic heterocycles. The second-order valence-electron chi connectivity index (χ2n) is 11.0. The molecule has 4 aliphatic rings. The molecule has 182 valence electrons. The van der Waals surface area contributed by atoms with Crippen molar-refractivity contribution in [3.63, 3.8) is 0 Å². The predicted octanol–water partition coefficient (Wildman–Crippen LogP) is 5.54. The number of fused-ring (bicyclic) bond motifs is 1. The van der Waals surface area contributed by atoms with Crippen LogP contribution in [0.2, 0.25) is 0 Å². The number of allylic oxidation sites excluding steroid dienone is 3. The van der Waals surface area contributed by atoms with Crippen molar-refractivity contribution in [2.45, 2.75) is 50.2 Å². The number of hydrogen-bond donors (Lipinski definition) is 2. The van der Waals surface area contributed by atoms with Crippen molar-refractivity contribution in [1.82, 2.24) is 0 Å². The third kappa shape index (κ3) is 3.56. The van der Waals surface area contributed by atoms with Crippen LogP contribution in [0.3, 0.4) is 0 Å². The van der Waals surface area contributed by atoms with Crippen LogP contribution in [-0.4, -0.2) is 35.5 Å². The van der Waals surface area contributed by atoms with Crippen molar-refractivity contribution in [2.75, 3.05) is 18.0 Å². The van der Waals surface area contributed by atoms with Crippen LogP contribution in [0.4, 0.5) is 5.69 Å². The van der Waals surface area contributed by atoms with Crippen LogP contribution in [0.1, 0.15) is 52.1 Å². The van der Waals surface area contributed by atoms with E-state index >= 15 is 0 Å². The first kappa shape index (κ1) is 22.1. The Morgan fingerprint density at radius 2 is 1.44 bits per heavy atom. The van der Waals surface area contributed by atoms with Gasteiger partial charge in [-0.2, -0.15) is 0 Å². The molecule has 2 aliphatic carbocycles. The predicted molar refractivity (Wildman–Crippen MR) is 146 cm³/mol. The summed E-state index contributed by atoms with van der Waals surface area (Å²) >= 11 is 0. The van der Waals surface area contributed by atoms with E-state index in [1.54, 1.807) is 0 Å². The molecule has 7 rings (SSSR count). The summed E-state index contributed by atoms with van der Waals surface area (Å²) in [5, 5.41) is 22.7. The van der Waals surface area contributed by atoms with Gasteiger partial charge in [-0.15, -0.1) is 0 Å². The van der Waals surface area contributed by atoms with Gasteiger partial charge in [-0.05, 0) is 76.6 Å². The van der Waals surface area contributed by atoms with Gasteiger partial charge in [0.05, 0.1) is 12.2 Å². The number of anilines is 1. The van der Waals surface area contributed by atoms with Crippen molar-refractivity contribution in [3.05, 3.63) is 112 Å². The maximum Gasteiger partial charge on any atom is 0.0721 e. The van der Waals surface area contributed by atoms with Gasteiger partial charge in [0, 0.05) is 30.6 Å². The Balaban J connectivity index is 1.22. The number of hydrogen-bond acceptors (Lipinski definition) is 3. The molecule has 2 unspecified atom stereocenters. The second kappa shape index (κ2) is 8.76. The lowest BCUT2D eigenvalue weighted by Crippen LogP contribution is -2.52. The van der Waals surface area contributed by atoms with Gasteiger partial charge in [0.25, 0.3) is 0 Å². The van der Waals surface area contributed by atoms with E-state index < -0.39 is 12.2 Å². The zero-order valence-corrected chi connectivity index (χ0v) is 20.6. The van der Waals surface area contributed by atoms with Crippen molar-refractivity contribution in [1.29, 1.82) is 0 Å². The molecule has 3 nitrogen and oxygen atoms in total. The summed E-state index contributed by atoms with van der Waals surface area (Å²) in [6.07, 6.45) is 8.69. The fourth-order valence-electron chi connectivity index (χ4n) is 7.01. The molecular weight excluding hydrogens is 442 g/mol. The van der Waals surface area contributed by atoms with Crippen LogP contribution in [0.5, 0.6) is 0 Å². The molecule has 0 aromatic heterocycles. The maximum absolute atomic E-state index is 11.4. The quantitative estimate of drug-likeness (QED) is 0.523. The Hall–Kier alpha value is -3.14. The normalized spacial score (nSPS) is 27.7. The first-order chi connectivity index (χ1) is 17.7. The number of aliphatic hydroxyl groups is 2. The van der Waals surface area contributed by atoms with Crippen LogP contribution in [-0.2, 0) is 19.3 Å². The minimum atomic E-state index is -0.580. The van der Waals surface area contributed by atoms with Gasteiger partial charge in [0.1, 0.15) is 0 Å². The van der Waals surface area contributed by atoms with E-state index in [1.165, 1.54) is 51.9 Å². The Morgan fingerprint density at radius 1 is 0.778 bits per heavy atom. The summed E-state index contributed by atoms with van der Waals surface area (Å²) < 4.78 is 0. The molecule has 3 aromatic rings. The Kier molecular flexibility index (Phi) is 5.37. The Labute approximate surface area is 213 Å². The van der Waals surface area contributed by atoms with Gasteiger partial charge in [-0.1, -0.05) is 78.9 Å². The standard InChI is InChI=1S/C33H33NO2/c35-32-29(20-26-19-25(21-8-2-1-3-9-21)16-22-10-4-5-13-28(22)26)33(36)30(32)27-17-23-11-6-14-34-15-7-12-24(18-27)31(23)34/h1-5,8-10,13,17-20,29-30,32-33,35-36H,6-7,11-12,14-16H2/b26-20+. The first-order valence-corrected chi connectivity index (χ1v) is 13.5. The summed E-state index contributed by atoms with van der Waals surface area (Å²) in [5.41, 5.74) is 11.5. The van der Waals surface area contributed by atoms with E-state index in [4.69, 9.17) is 0 Å². The average Bonchev–Trinajstić information content (AvgIpc) is 2.92. The molecule has 2 N–H and O–H groups in total. The molecular formula is C33H33NO2. The van der Waals surface area contributed by atoms with E-state index in [0.717, 1.165) is 43.5 Å². The van der Waals surface area contributed by atoms with Crippen molar-refractivity contribution in [3.8, 4) is 0 Å². The number of nitrogens with zero attached hydrogens (tertiary/aromatic N) is 1. The minimum Gasteiger partial charge on any atom is -0.392 e. The fraction of sp³-hybridized carbons (Fsp3) is 0.333. The lowest BCUT2D eigenvalue weighted by Gasteiger charge is -2.47. The molecule has 3 aromatic carbocycles. The fourth-order valence-corrected chi connectivity index (χ4v) is 7.01. The summed E-state index contributed by atoms with van der Waals surface area (Å²) in [6.45, 7) is 2.31. The molecule has 1 saturated carbocycles. The zero-order chi connectivity index (χ0) is 24.2. The number of aliphatic hydroxyl groups excluding tert-OH is 2. The Morgan fingerprint density at radius 3 is 2.17 bits per heavy atom. The van der Waals surface area contributed by atoms with Crippen molar-refractivity contribution < 1.29 is 10.2 Å². The Bertz CT molecular complexity index is 1330. The monoisotopic (exact) mass is 475 g/mol. The van der Waals surface area contributed by atoms with Crippen LogP contribution in [0, 0.1) is 5.92 Å². The molecule has 0 radical (unpaired) electrons. The number of aryl methyl sites for hydroxylation is 2. The smallest absolute Gasteiger partial charge is 0.0721 e. The van der Waals surface area contributed by atoms with Crippen LogP contribution in [0.15, 0.2) is 78.9 Å². The molecule has 0 spiro atoms. The molecule has 2 atom stereocenters. The van der Waals surface area contributed by atoms with Gasteiger partial charge in [-0.3, -0.25) is 0 Å². The van der Waals surface area contributed by atoms with E-state index in [1.807, 2.05) is 6.07 Å². The molecule has 0 amide bonds. The molecule has 0 bridgehead atoms.